The lowest BCUT2D eigenvalue weighted by Crippen LogP contribution is -2.08. The number of carbonyl (C=O) groups is 2. The third kappa shape index (κ3) is 2.89. The van der Waals surface area contributed by atoms with Crippen molar-refractivity contribution in [3.05, 3.63) is 35.4 Å². The number of esters is 1. The third-order valence-electron chi connectivity index (χ3n) is 1.90. The van der Waals surface area contributed by atoms with Gasteiger partial charge in [-0.2, -0.15) is 0 Å². The predicted molar refractivity (Wildman–Crippen MR) is 54.0 cm³/mol. The van der Waals surface area contributed by atoms with Gasteiger partial charge >= 0.3 is 5.97 Å². The van der Waals surface area contributed by atoms with Crippen molar-refractivity contribution >= 4 is 11.8 Å². The molecule has 15 heavy (non-hydrogen) atoms. The highest BCUT2D eigenvalue weighted by atomic mass is 16.5. The smallest absolute Gasteiger partial charge is 0.337 e. The zero-order valence-corrected chi connectivity index (χ0v) is 8.65. The van der Waals surface area contributed by atoms with E-state index in [0.29, 0.717) is 11.1 Å². The predicted octanol–water partition coefficient (Wildman–Crippen LogP) is 1.30. The van der Waals surface area contributed by atoms with Crippen LogP contribution in [-0.2, 0) is 9.47 Å². The van der Waals surface area contributed by atoms with Gasteiger partial charge in [0.2, 0.25) is 0 Å². The van der Waals surface area contributed by atoms with E-state index in [1.54, 1.807) is 24.3 Å². The molecule has 1 rings (SSSR count). The summed E-state index contributed by atoms with van der Waals surface area (Å²) >= 11 is 0. The topological polar surface area (TPSA) is 52.6 Å². The highest BCUT2D eigenvalue weighted by Gasteiger charge is 2.08. The van der Waals surface area contributed by atoms with Crippen LogP contribution in [0.2, 0.25) is 0 Å². The Kier molecular flexibility index (Phi) is 4.00. The average Bonchev–Trinajstić information content (AvgIpc) is 2.28. The van der Waals surface area contributed by atoms with Crippen molar-refractivity contribution in [3.8, 4) is 0 Å². The quantitative estimate of drug-likeness (QED) is 0.553. The number of benzene rings is 1. The molecule has 1 aromatic rings. The molecule has 0 N–H and O–H groups in total. The molecule has 0 aliphatic heterocycles. The van der Waals surface area contributed by atoms with Gasteiger partial charge in [0.05, 0.1) is 12.7 Å². The van der Waals surface area contributed by atoms with Gasteiger partial charge in [0.1, 0.15) is 6.61 Å². The van der Waals surface area contributed by atoms with E-state index in [9.17, 15) is 9.59 Å². The van der Waals surface area contributed by atoms with Crippen molar-refractivity contribution in [2.45, 2.75) is 0 Å². The van der Waals surface area contributed by atoms with Crippen LogP contribution in [0.3, 0.4) is 0 Å². The lowest BCUT2D eigenvalue weighted by atomic mass is 10.1. The second-order valence-corrected chi connectivity index (χ2v) is 2.93. The van der Waals surface area contributed by atoms with Crippen LogP contribution >= 0.6 is 0 Å². The minimum absolute atomic E-state index is 0.0393. The van der Waals surface area contributed by atoms with E-state index in [4.69, 9.17) is 4.74 Å². The molecule has 0 spiro atoms. The van der Waals surface area contributed by atoms with E-state index in [-0.39, 0.29) is 12.4 Å². The van der Waals surface area contributed by atoms with Crippen LogP contribution in [0, 0.1) is 0 Å². The molecule has 0 aromatic heterocycles. The first kappa shape index (κ1) is 11.4. The molecule has 0 saturated carbocycles. The normalized spacial score (nSPS) is 9.73. The fourth-order valence-corrected chi connectivity index (χ4v) is 1.12. The average molecular weight is 208 g/mol. The summed E-state index contributed by atoms with van der Waals surface area (Å²) in [5, 5.41) is 0. The zero-order valence-electron chi connectivity index (χ0n) is 8.65. The number of rotatable bonds is 4. The Morgan fingerprint density at radius 1 is 1.07 bits per heavy atom. The maximum Gasteiger partial charge on any atom is 0.337 e. The molecule has 1 aromatic carbocycles. The van der Waals surface area contributed by atoms with Gasteiger partial charge in [0, 0.05) is 12.7 Å². The van der Waals surface area contributed by atoms with Crippen molar-refractivity contribution in [2.24, 2.45) is 0 Å². The second kappa shape index (κ2) is 5.26. The fraction of sp³-hybridized carbons (Fsp3) is 0.273. The lowest BCUT2D eigenvalue weighted by Gasteiger charge is -2.01. The van der Waals surface area contributed by atoms with E-state index >= 15 is 0 Å². The summed E-state index contributed by atoms with van der Waals surface area (Å²) in [7, 11) is 2.77. The second-order valence-electron chi connectivity index (χ2n) is 2.93. The van der Waals surface area contributed by atoms with Gasteiger partial charge in [-0.15, -0.1) is 0 Å². The maximum atomic E-state index is 11.4. The van der Waals surface area contributed by atoms with Gasteiger partial charge in [-0.25, -0.2) is 4.79 Å². The molecule has 0 radical (unpaired) electrons. The number of carbonyl (C=O) groups excluding carboxylic acids is 2. The van der Waals surface area contributed by atoms with Gasteiger partial charge in [-0.05, 0) is 12.1 Å². The number of Topliss-reactive ketones (excluding diaryl/α,β-unsaturated/α-hetero) is 1. The fourth-order valence-electron chi connectivity index (χ4n) is 1.12. The van der Waals surface area contributed by atoms with E-state index in [0.717, 1.165) is 0 Å². The van der Waals surface area contributed by atoms with E-state index < -0.39 is 5.97 Å². The van der Waals surface area contributed by atoms with Crippen molar-refractivity contribution in [2.75, 3.05) is 20.8 Å². The monoisotopic (exact) mass is 208 g/mol. The van der Waals surface area contributed by atoms with Gasteiger partial charge in [0.25, 0.3) is 0 Å². The molecule has 4 nitrogen and oxygen atoms in total. The molecule has 0 amide bonds. The van der Waals surface area contributed by atoms with Crippen LogP contribution in [0.1, 0.15) is 20.7 Å². The van der Waals surface area contributed by atoms with Crippen molar-refractivity contribution < 1.29 is 19.1 Å². The molecule has 0 heterocycles. The minimum Gasteiger partial charge on any atom is -0.465 e. The molecule has 0 fully saturated rings. The number of methoxy groups -OCH3 is 2. The summed E-state index contributed by atoms with van der Waals surface area (Å²) in [4.78, 5) is 22.4. The SMILES string of the molecule is COCC(=O)c1ccc(C(=O)OC)cc1. The van der Waals surface area contributed by atoms with Gasteiger partial charge in [-0.3, -0.25) is 4.79 Å². The molecule has 0 aliphatic carbocycles. The molecule has 0 bridgehead atoms. The summed E-state index contributed by atoms with van der Waals surface area (Å²) < 4.78 is 9.25. The molecule has 0 unspecified atom stereocenters. The first-order valence-corrected chi connectivity index (χ1v) is 4.39. The highest BCUT2D eigenvalue weighted by Crippen LogP contribution is 2.06. The molecule has 80 valence electrons. The van der Waals surface area contributed by atoms with Crippen molar-refractivity contribution in [3.63, 3.8) is 0 Å². The van der Waals surface area contributed by atoms with Crippen LogP contribution in [0.5, 0.6) is 0 Å². The van der Waals surface area contributed by atoms with Crippen LogP contribution in [0.15, 0.2) is 24.3 Å². The molecule has 0 aliphatic rings. The Balaban J connectivity index is 2.80. The number of ether oxygens (including phenoxy) is 2. The number of ketones is 1. The Morgan fingerprint density at radius 3 is 2.07 bits per heavy atom. The summed E-state index contributed by atoms with van der Waals surface area (Å²) in [6.45, 7) is 0.0393. The van der Waals surface area contributed by atoms with Crippen LogP contribution in [-0.4, -0.2) is 32.6 Å². The molecule has 0 saturated heterocycles. The maximum absolute atomic E-state index is 11.4. The first-order valence-electron chi connectivity index (χ1n) is 4.39. The number of hydrogen-bond donors (Lipinski definition) is 0. The first-order chi connectivity index (χ1) is 7.19. The Hall–Kier alpha value is -1.68. The summed E-state index contributed by atoms with van der Waals surface area (Å²) in [6, 6.07) is 6.25. The molecule has 0 atom stereocenters. The Labute approximate surface area is 87.8 Å². The Morgan fingerprint density at radius 2 is 1.60 bits per heavy atom. The van der Waals surface area contributed by atoms with Gasteiger partial charge < -0.3 is 9.47 Å². The summed E-state index contributed by atoms with van der Waals surface area (Å²) in [6.07, 6.45) is 0. The minimum atomic E-state index is -0.416. The molecule has 4 heteroatoms. The van der Waals surface area contributed by atoms with E-state index in [2.05, 4.69) is 4.74 Å². The summed E-state index contributed by atoms with van der Waals surface area (Å²) in [5.41, 5.74) is 0.941. The standard InChI is InChI=1S/C11H12O4/c1-14-7-10(12)8-3-5-9(6-4-8)11(13)15-2/h3-6H,7H2,1-2H3. The van der Waals surface area contributed by atoms with Crippen LogP contribution in [0.4, 0.5) is 0 Å². The van der Waals surface area contributed by atoms with E-state index in [1.807, 2.05) is 0 Å². The highest BCUT2D eigenvalue weighted by molar-refractivity contribution is 5.98. The largest absolute Gasteiger partial charge is 0.465 e. The lowest BCUT2D eigenvalue weighted by molar-refractivity contribution is 0.0600. The Bertz CT molecular complexity index is 353. The molecular formula is C11H12O4. The van der Waals surface area contributed by atoms with Gasteiger partial charge in [0.15, 0.2) is 5.78 Å². The van der Waals surface area contributed by atoms with Crippen LogP contribution < -0.4 is 0 Å². The summed E-state index contributed by atoms with van der Waals surface area (Å²) in [5.74, 6) is -0.533. The van der Waals surface area contributed by atoms with Gasteiger partial charge in [-0.1, -0.05) is 12.1 Å². The number of hydrogen-bond acceptors (Lipinski definition) is 4. The zero-order chi connectivity index (χ0) is 11.3. The van der Waals surface area contributed by atoms with E-state index in [1.165, 1.54) is 14.2 Å². The molecular weight excluding hydrogens is 196 g/mol. The third-order valence-corrected chi connectivity index (χ3v) is 1.90. The van der Waals surface area contributed by atoms with Crippen molar-refractivity contribution in [1.82, 2.24) is 0 Å². The van der Waals surface area contributed by atoms with Crippen molar-refractivity contribution in [1.29, 1.82) is 0 Å². The van der Waals surface area contributed by atoms with Crippen LogP contribution in [0.25, 0.3) is 0 Å².